The molecule has 0 aromatic rings. The van der Waals surface area contributed by atoms with Crippen LogP contribution in [0.25, 0.3) is 0 Å². The Morgan fingerprint density at radius 2 is 2.00 bits per heavy atom. The van der Waals surface area contributed by atoms with Crippen LogP contribution in [0.1, 0.15) is 13.8 Å². The normalized spacial score (nSPS) is 30.0. The Kier molecular flexibility index (Phi) is 2.87. The Hall–Kier alpha value is -0.830. The molecule has 3 nitrogen and oxygen atoms in total. The largest absolute Gasteiger partial charge is 0.331 e. The van der Waals surface area contributed by atoms with Crippen LogP contribution in [-0.4, -0.2) is 36.0 Å². The summed E-state index contributed by atoms with van der Waals surface area (Å²) >= 11 is 0. The predicted molar refractivity (Wildman–Crippen MR) is 48.8 cm³/mol. The fraction of sp³-hybridized carbons (Fsp3) is 0.667. The van der Waals surface area contributed by atoms with Crippen LogP contribution in [-0.2, 0) is 4.79 Å². The minimum Gasteiger partial charge on any atom is -0.331 e. The standard InChI is InChI=1S/C9H16N2O/c1-4-9(12)11-7(2)5-10-6-8(11)3/h4,7-8,10H,1,5-6H2,2-3H3/t7-,8-/m0/s1. The number of carbonyl (C=O) groups excluding carboxylic acids is 1. The maximum atomic E-state index is 11.4. The van der Waals surface area contributed by atoms with E-state index in [1.54, 1.807) is 0 Å². The van der Waals surface area contributed by atoms with Crippen molar-refractivity contribution in [2.24, 2.45) is 0 Å². The minimum atomic E-state index is 0.0384. The number of rotatable bonds is 1. The first-order valence-corrected chi connectivity index (χ1v) is 4.32. The van der Waals surface area contributed by atoms with E-state index >= 15 is 0 Å². The summed E-state index contributed by atoms with van der Waals surface area (Å²) in [5.41, 5.74) is 0. The highest BCUT2D eigenvalue weighted by molar-refractivity contribution is 5.87. The summed E-state index contributed by atoms with van der Waals surface area (Å²) in [5, 5.41) is 3.27. The molecule has 68 valence electrons. The highest BCUT2D eigenvalue weighted by atomic mass is 16.2. The Bertz CT molecular complexity index is 181. The van der Waals surface area contributed by atoms with Gasteiger partial charge in [0.15, 0.2) is 0 Å². The summed E-state index contributed by atoms with van der Waals surface area (Å²) < 4.78 is 0. The van der Waals surface area contributed by atoms with E-state index in [9.17, 15) is 4.79 Å². The summed E-state index contributed by atoms with van der Waals surface area (Å²) in [6.07, 6.45) is 1.39. The van der Waals surface area contributed by atoms with Crippen LogP contribution in [0.3, 0.4) is 0 Å². The van der Waals surface area contributed by atoms with E-state index in [1.807, 2.05) is 18.7 Å². The molecule has 1 fully saturated rings. The van der Waals surface area contributed by atoms with Crippen LogP contribution < -0.4 is 5.32 Å². The lowest BCUT2D eigenvalue weighted by Crippen LogP contribution is -2.56. The van der Waals surface area contributed by atoms with Gasteiger partial charge in [-0.1, -0.05) is 6.58 Å². The van der Waals surface area contributed by atoms with Gasteiger partial charge in [0.05, 0.1) is 0 Å². The van der Waals surface area contributed by atoms with Crippen molar-refractivity contribution in [1.29, 1.82) is 0 Å². The lowest BCUT2D eigenvalue weighted by molar-refractivity contribution is -0.131. The van der Waals surface area contributed by atoms with Gasteiger partial charge in [0.25, 0.3) is 0 Å². The van der Waals surface area contributed by atoms with Crippen molar-refractivity contribution in [2.45, 2.75) is 25.9 Å². The molecule has 0 radical (unpaired) electrons. The molecule has 1 amide bonds. The van der Waals surface area contributed by atoms with Crippen LogP contribution in [0.4, 0.5) is 0 Å². The van der Waals surface area contributed by atoms with Gasteiger partial charge >= 0.3 is 0 Å². The number of amides is 1. The number of hydrogen-bond acceptors (Lipinski definition) is 2. The summed E-state index contributed by atoms with van der Waals surface area (Å²) in [6.45, 7) is 9.34. The Balaban J connectivity index is 2.68. The first-order valence-electron chi connectivity index (χ1n) is 4.32. The van der Waals surface area contributed by atoms with E-state index in [0.29, 0.717) is 0 Å². The van der Waals surface area contributed by atoms with Crippen LogP contribution in [0.15, 0.2) is 12.7 Å². The van der Waals surface area contributed by atoms with Gasteiger partial charge in [-0.2, -0.15) is 0 Å². The molecule has 2 atom stereocenters. The van der Waals surface area contributed by atoms with Crippen molar-refractivity contribution >= 4 is 5.91 Å². The van der Waals surface area contributed by atoms with E-state index in [0.717, 1.165) is 13.1 Å². The second-order valence-corrected chi connectivity index (χ2v) is 3.31. The van der Waals surface area contributed by atoms with Crippen LogP contribution >= 0.6 is 0 Å². The highest BCUT2D eigenvalue weighted by Gasteiger charge is 2.26. The molecule has 1 aliphatic heterocycles. The smallest absolute Gasteiger partial charge is 0.246 e. The van der Waals surface area contributed by atoms with Crippen LogP contribution in [0.2, 0.25) is 0 Å². The Morgan fingerprint density at radius 3 is 2.42 bits per heavy atom. The van der Waals surface area contributed by atoms with E-state index in [2.05, 4.69) is 11.9 Å². The minimum absolute atomic E-state index is 0.0384. The van der Waals surface area contributed by atoms with Crippen molar-refractivity contribution in [2.75, 3.05) is 13.1 Å². The topological polar surface area (TPSA) is 32.3 Å². The molecular formula is C9H16N2O. The van der Waals surface area contributed by atoms with Crippen molar-refractivity contribution in [3.63, 3.8) is 0 Å². The van der Waals surface area contributed by atoms with Crippen LogP contribution in [0.5, 0.6) is 0 Å². The number of nitrogens with one attached hydrogen (secondary N) is 1. The molecule has 0 bridgehead atoms. The molecular weight excluding hydrogens is 152 g/mol. The first-order chi connectivity index (χ1) is 5.66. The molecule has 0 spiro atoms. The molecule has 0 aromatic carbocycles. The van der Waals surface area contributed by atoms with Gasteiger partial charge in [0, 0.05) is 25.2 Å². The molecule has 0 aliphatic carbocycles. The monoisotopic (exact) mass is 168 g/mol. The zero-order valence-corrected chi connectivity index (χ0v) is 7.71. The lowest BCUT2D eigenvalue weighted by atomic mass is 10.1. The zero-order valence-electron chi connectivity index (χ0n) is 7.71. The number of carbonyl (C=O) groups is 1. The van der Waals surface area contributed by atoms with Crippen LogP contribution in [0, 0.1) is 0 Å². The molecule has 0 aromatic heterocycles. The van der Waals surface area contributed by atoms with Gasteiger partial charge in [0.2, 0.25) is 5.91 Å². The average Bonchev–Trinajstić information content (AvgIpc) is 2.03. The molecule has 0 unspecified atom stereocenters. The summed E-state index contributed by atoms with van der Waals surface area (Å²) in [6, 6.07) is 0.554. The zero-order chi connectivity index (χ0) is 9.14. The quantitative estimate of drug-likeness (QED) is 0.574. The van der Waals surface area contributed by atoms with E-state index in [4.69, 9.17) is 0 Å². The molecule has 1 N–H and O–H groups in total. The molecule has 1 saturated heterocycles. The molecule has 1 heterocycles. The average molecular weight is 168 g/mol. The fourth-order valence-electron chi connectivity index (χ4n) is 1.67. The highest BCUT2D eigenvalue weighted by Crippen LogP contribution is 2.09. The summed E-state index contributed by atoms with van der Waals surface area (Å²) in [5.74, 6) is 0.0384. The van der Waals surface area contributed by atoms with Gasteiger partial charge in [0.1, 0.15) is 0 Å². The maximum absolute atomic E-state index is 11.4. The second-order valence-electron chi connectivity index (χ2n) is 3.31. The van der Waals surface area contributed by atoms with E-state index in [-0.39, 0.29) is 18.0 Å². The summed E-state index contributed by atoms with van der Waals surface area (Å²) in [4.78, 5) is 13.2. The Labute approximate surface area is 73.4 Å². The maximum Gasteiger partial charge on any atom is 0.246 e. The lowest BCUT2D eigenvalue weighted by Gasteiger charge is -2.38. The second kappa shape index (κ2) is 3.72. The van der Waals surface area contributed by atoms with E-state index in [1.165, 1.54) is 6.08 Å². The molecule has 3 heteroatoms. The van der Waals surface area contributed by atoms with Gasteiger partial charge in [-0.15, -0.1) is 0 Å². The van der Waals surface area contributed by atoms with E-state index < -0.39 is 0 Å². The van der Waals surface area contributed by atoms with Gasteiger partial charge < -0.3 is 10.2 Å². The molecule has 1 aliphatic rings. The third-order valence-electron chi connectivity index (χ3n) is 2.26. The predicted octanol–water partition coefficient (Wildman–Crippen LogP) is 0.381. The van der Waals surface area contributed by atoms with Crippen molar-refractivity contribution in [1.82, 2.24) is 10.2 Å². The molecule has 12 heavy (non-hydrogen) atoms. The van der Waals surface area contributed by atoms with Crippen molar-refractivity contribution in [3.8, 4) is 0 Å². The Morgan fingerprint density at radius 1 is 1.50 bits per heavy atom. The third-order valence-corrected chi connectivity index (χ3v) is 2.26. The molecule has 0 saturated carbocycles. The van der Waals surface area contributed by atoms with Gasteiger partial charge in [-0.05, 0) is 19.9 Å². The number of nitrogens with zero attached hydrogens (tertiary/aromatic N) is 1. The molecule has 1 rings (SSSR count). The van der Waals surface area contributed by atoms with Gasteiger partial charge in [-0.25, -0.2) is 0 Å². The third kappa shape index (κ3) is 1.67. The SMILES string of the molecule is C=CC(=O)N1[C@@H](C)CNC[C@@H]1C. The fourth-order valence-corrected chi connectivity index (χ4v) is 1.67. The number of hydrogen-bond donors (Lipinski definition) is 1. The first kappa shape index (κ1) is 9.26. The van der Waals surface area contributed by atoms with Crippen molar-refractivity contribution < 1.29 is 4.79 Å². The van der Waals surface area contributed by atoms with Gasteiger partial charge in [-0.3, -0.25) is 4.79 Å². The summed E-state index contributed by atoms with van der Waals surface area (Å²) in [7, 11) is 0. The van der Waals surface area contributed by atoms with Crippen molar-refractivity contribution in [3.05, 3.63) is 12.7 Å². The number of piperazine rings is 1.